The highest BCUT2D eigenvalue weighted by molar-refractivity contribution is 5.75. The zero-order valence-corrected chi connectivity index (χ0v) is 14.9. The van der Waals surface area contributed by atoms with Gasteiger partial charge in [0, 0.05) is 12.6 Å². The maximum atomic E-state index is 13.5. The van der Waals surface area contributed by atoms with Gasteiger partial charge in [-0.05, 0) is 0 Å². The number of pyridine rings is 1. The molecule has 0 spiro atoms. The van der Waals surface area contributed by atoms with Crippen molar-refractivity contribution in [3.63, 3.8) is 0 Å². The Bertz CT molecular complexity index is 970. The van der Waals surface area contributed by atoms with Gasteiger partial charge >= 0.3 is 0 Å². The fourth-order valence-corrected chi connectivity index (χ4v) is 2.30. The molecular weight excluding hydrogens is 367 g/mol. The van der Waals surface area contributed by atoms with Gasteiger partial charge in [0.1, 0.15) is 30.4 Å². The first-order valence-corrected chi connectivity index (χ1v) is 8.18. The molecule has 0 aliphatic carbocycles. The highest BCUT2D eigenvalue weighted by Crippen LogP contribution is 2.37. The van der Waals surface area contributed by atoms with E-state index in [4.69, 9.17) is 20.5 Å². The van der Waals surface area contributed by atoms with Gasteiger partial charge in [-0.15, -0.1) is 0 Å². The van der Waals surface area contributed by atoms with Crippen LogP contribution in [0.4, 0.5) is 16.0 Å². The number of ether oxygens (including phenoxy) is 2. The molecule has 0 radical (unpaired) electrons. The number of H-pyrrole nitrogens is 1. The largest absolute Gasteiger partial charge is 0.494 e. The fourth-order valence-electron chi connectivity index (χ4n) is 2.30. The van der Waals surface area contributed by atoms with Crippen LogP contribution >= 0.6 is 0 Å². The molecule has 0 fully saturated rings. The number of hydrogen-bond acceptors (Lipinski definition) is 9. The molecule has 0 aliphatic heterocycles. The molecule has 0 saturated carbocycles. The average Bonchev–Trinajstić information content (AvgIpc) is 3.20. The SMILES string of the molecule is COc1cncc(OC[C@@H](F)CN)c1-c1cc(Nc2cnc(C#N)cn2)n[nH]1. The van der Waals surface area contributed by atoms with Crippen LogP contribution in [0.1, 0.15) is 5.69 Å². The molecule has 3 aromatic rings. The molecular formula is C17H17FN8O2. The predicted molar refractivity (Wildman–Crippen MR) is 97.8 cm³/mol. The number of nitrogens with zero attached hydrogens (tertiary/aromatic N) is 5. The van der Waals surface area contributed by atoms with E-state index in [1.165, 1.54) is 31.9 Å². The van der Waals surface area contributed by atoms with Crippen molar-refractivity contribution in [3.05, 3.63) is 36.5 Å². The predicted octanol–water partition coefficient (Wildman–Crippen LogP) is 1.56. The second kappa shape index (κ2) is 8.74. The van der Waals surface area contributed by atoms with Crippen LogP contribution in [-0.2, 0) is 0 Å². The first-order chi connectivity index (χ1) is 13.6. The Balaban J connectivity index is 1.85. The van der Waals surface area contributed by atoms with E-state index in [1.54, 1.807) is 6.07 Å². The van der Waals surface area contributed by atoms with Crippen LogP contribution in [0.5, 0.6) is 11.5 Å². The summed E-state index contributed by atoms with van der Waals surface area (Å²) in [6.07, 6.45) is 4.44. The van der Waals surface area contributed by atoms with Crippen molar-refractivity contribution in [2.24, 2.45) is 5.73 Å². The number of aromatic amines is 1. The number of rotatable bonds is 8. The summed E-state index contributed by atoms with van der Waals surface area (Å²) in [5.41, 5.74) is 6.59. The summed E-state index contributed by atoms with van der Waals surface area (Å²) < 4.78 is 24.3. The monoisotopic (exact) mass is 384 g/mol. The van der Waals surface area contributed by atoms with Crippen molar-refractivity contribution in [1.82, 2.24) is 25.1 Å². The number of hydrogen-bond donors (Lipinski definition) is 3. The molecule has 4 N–H and O–H groups in total. The Morgan fingerprint density at radius 2 is 2.07 bits per heavy atom. The van der Waals surface area contributed by atoms with Gasteiger partial charge in [-0.25, -0.2) is 14.4 Å². The molecule has 0 bridgehead atoms. The number of nitrogens with one attached hydrogen (secondary N) is 2. The minimum atomic E-state index is -1.30. The molecule has 3 aromatic heterocycles. The van der Waals surface area contributed by atoms with E-state index in [-0.39, 0.29) is 18.8 Å². The topological polar surface area (TPSA) is 148 Å². The zero-order chi connectivity index (χ0) is 19.9. The normalized spacial score (nSPS) is 11.5. The number of aromatic nitrogens is 5. The third-order valence-corrected chi connectivity index (χ3v) is 3.64. The minimum Gasteiger partial charge on any atom is -0.494 e. The Hall–Kier alpha value is -3.78. The summed E-state index contributed by atoms with van der Waals surface area (Å²) in [6.45, 7) is -0.352. The van der Waals surface area contributed by atoms with E-state index < -0.39 is 6.17 Å². The lowest BCUT2D eigenvalue weighted by Gasteiger charge is -2.14. The number of halogens is 1. The van der Waals surface area contributed by atoms with Crippen LogP contribution in [-0.4, -0.2) is 51.6 Å². The molecule has 0 saturated heterocycles. The average molecular weight is 384 g/mol. The Morgan fingerprint density at radius 3 is 2.75 bits per heavy atom. The van der Waals surface area contributed by atoms with Gasteiger partial charge in [-0.1, -0.05) is 0 Å². The molecule has 144 valence electrons. The highest BCUT2D eigenvalue weighted by Gasteiger charge is 2.18. The van der Waals surface area contributed by atoms with Crippen molar-refractivity contribution < 1.29 is 13.9 Å². The first-order valence-electron chi connectivity index (χ1n) is 8.18. The summed E-state index contributed by atoms with van der Waals surface area (Å²) in [6, 6.07) is 3.59. The van der Waals surface area contributed by atoms with E-state index in [9.17, 15) is 4.39 Å². The second-order valence-corrected chi connectivity index (χ2v) is 5.55. The van der Waals surface area contributed by atoms with Gasteiger partial charge in [0.15, 0.2) is 17.3 Å². The molecule has 1 atom stereocenters. The quantitative estimate of drug-likeness (QED) is 0.526. The van der Waals surface area contributed by atoms with E-state index in [0.717, 1.165) is 0 Å². The van der Waals surface area contributed by atoms with Crippen molar-refractivity contribution in [1.29, 1.82) is 5.26 Å². The van der Waals surface area contributed by atoms with Gasteiger partial charge in [0.25, 0.3) is 0 Å². The van der Waals surface area contributed by atoms with Gasteiger partial charge in [0.05, 0.1) is 43.2 Å². The first kappa shape index (κ1) is 19.0. The van der Waals surface area contributed by atoms with Gasteiger partial charge in [-0.2, -0.15) is 10.4 Å². The Morgan fingerprint density at radius 1 is 1.25 bits per heavy atom. The molecule has 3 rings (SSSR count). The van der Waals surface area contributed by atoms with Gasteiger partial charge < -0.3 is 20.5 Å². The summed E-state index contributed by atoms with van der Waals surface area (Å²) in [4.78, 5) is 12.0. The van der Waals surface area contributed by atoms with E-state index in [2.05, 4.69) is 30.5 Å². The van der Waals surface area contributed by atoms with Crippen molar-refractivity contribution in [3.8, 4) is 28.8 Å². The summed E-state index contributed by atoms with van der Waals surface area (Å²) >= 11 is 0. The van der Waals surface area contributed by atoms with Crippen LogP contribution in [0, 0.1) is 11.3 Å². The third-order valence-electron chi connectivity index (χ3n) is 3.64. The van der Waals surface area contributed by atoms with Gasteiger partial charge in [-0.3, -0.25) is 10.1 Å². The van der Waals surface area contributed by atoms with Crippen LogP contribution in [0.15, 0.2) is 30.9 Å². The Labute approximate surface area is 159 Å². The van der Waals surface area contributed by atoms with Crippen LogP contribution in [0.25, 0.3) is 11.3 Å². The summed E-state index contributed by atoms with van der Waals surface area (Å²) in [7, 11) is 1.49. The molecule has 28 heavy (non-hydrogen) atoms. The van der Waals surface area contributed by atoms with Crippen molar-refractivity contribution in [2.75, 3.05) is 25.6 Å². The number of methoxy groups -OCH3 is 1. The Kier molecular flexibility index (Phi) is 5.93. The highest BCUT2D eigenvalue weighted by atomic mass is 19.1. The molecule has 10 nitrogen and oxygen atoms in total. The molecule has 11 heteroatoms. The van der Waals surface area contributed by atoms with E-state index >= 15 is 0 Å². The second-order valence-electron chi connectivity index (χ2n) is 5.55. The number of nitrogens with two attached hydrogens (primary N) is 1. The van der Waals surface area contributed by atoms with Crippen LogP contribution in [0.3, 0.4) is 0 Å². The minimum absolute atomic E-state index is 0.142. The molecule has 3 heterocycles. The molecule has 0 aromatic carbocycles. The zero-order valence-electron chi connectivity index (χ0n) is 14.9. The summed E-state index contributed by atoms with van der Waals surface area (Å²) in [5, 5.41) is 18.8. The van der Waals surface area contributed by atoms with Crippen molar-refractivity contribution >= 4 is 11.6 Å². The van der Waals surface area contributed by atoms with E-state index in [1.807, 2.05) is 6.07 Å². The molecule has 0 unspecified atom stereocenters. The van der Waals surface area contributed by atoms with Crippen molar-refractivity contribution in [2.45, 2.75) is 6.17 Å². The van der Waals surface area contributed by atoms with Crippen LogP contribution < -0.4 is 20.5 Å². The lowest BCUT2D eigenvalue weighted by Crippen LogP contribution is -2.22. The summed E-state index contributed by atoms with van der Waals surface area (Å²) in [5.74, 6) is 1.61. The standard InChI is InChI=1S/C17H17FN8O2/c1-27-13-6-21-7-14(28-9-10(18)3-19)17(13)12-2-15(26-25-12)24-16-8-22-11(4-20)5-23-16/h2,5-8,10H,3,9,19H2,1H3,(H2,23,24,25,26)/t10-/m0/s1. The number of alkyl halides is 1. The maximum absolute atomic E-state index is 13.5. The van der Waals surface area contributed by atoms with Gasteiger partial charge in [0.2, 0.25) is 0 Å². The number of anilines is 2. The smallest absolute Gasteiger partial charge is 0.158 e. The lowest BCUT2D eigenvalue weighted by molar-refractivity contribution is 0.200. The maximum Gasteiger partial charge on any atom is 0.158 e. The van der Waals surface area contributed by atoms with Crippen LogP contribution in [0.2, 0.25) is 0 Å². The number of nitriles is 1. The fraction of sp³-hybridized carbons (Fsp3) is 0.235. The van der Waals surface area contributed by atoms with E-state index in [0.29, 0.717) is 34.4 Å². The molecule has 0 amide bonds. The molecule has 0 aliphatic rings. The third kappa shape index (κ3) is 4.30. The lowest BCUT2D eigenvalue weighted by atomic mass is 10.1.